The first-order valence-electron chi connectivity index (χ1n) is 8.69. The van der Waals surface area contributed by atoms with Gasteiger partial charge in [0.15, 0.2) is 0 Å². The Balaban J connectivity index is 1.98. The molecule has 0 unspecified atom stereocenters. The van der Waals surface area contributed by atoms with Crippen LogP contribution in [0.5, 0.6) is 0 Å². The highest BCUT2D eigenvalue weighted by molar-refractivity contribution is 5.82. The second-order valence-corrected chi connectivity index (χ2v) is 6.40. The molecule has 0 saturated heterocycles. The normalized spacial score (nSPS) is 17.6. The van der Waals surface area contributed by atoms with Crippen molar-refractivity contribution in [3.05, 3.63) is 35.9 Å². The standard InChI is InChI=1S/C19H25N3O3/c1-25-18(24)17(15-9-5-4-6-10-15)21-13-16(23)22-19(14-20)11-7-2-3-8-12-19/h4-6,9-10,17,21H,2-3,7-8,11-13H2,1H3,(H,22,23)/t17-/m1/s1. The summed E-state index contributed by atoms with van der Waals surface area (Å²) in [6.45, 7) is -0.0574. The lowest BCUT2D eigenvalue weighted by atomic mass is 9.92. The van der Waals surface area contributed by atoms with Crippen molar-refractivity contribution in [1.29, 1.82) is 5.26 Å². The van der Waals surface area contributed by atoms with E-state index in [1.807, 2.05) is 18.2 Å². The van der Waals surface area contributed by atoms with Gasteiger partial charge in [-0.05, 0) is 18.4 Å². The lowest BCUT2D eigenvalue weighted by molar-refractivity contribution is -0.143. The first kappa shape index (κ1) is 18.9. The minimum atomic E-state index is -0.789. The monoisotopic (exact) mass is 343 g/mol. The summed E-state index contributed by atoms with van der Waals surface area (Å²) >= 11 is 0. The van der Waals surface area contributed by atoms with Gasteiger partial charge < -0.3 is 10.1 Å². The van der Waals surface area contributed by atoms with Crippen LogP contribution in [0, 0.1) is 11.3 Å². The Labute approximate surface area is 148 Å². The van der Waals surface area contributed by atoms with Gasteiger partial charge in [0.25, 0.3) is 0 Å². The number of nitriles is 1. The summed E-state index contributed by atoms with van der Waals surface area (Å²) in [6.07, 6.45) is 5.42. The number of hydrogen-bond donors (Lipinski definition) is 2. The molecule has 0 bridgehead atoms. The van der Waals surface area contributed by atoms with Crippen molar-refractivity contribution in [2.45, 2.75) is 50.1 Å². The Hall–Kier alpha value is -2.39. The number of methoxy groups -OCH3 is 1. The molecular weight excluding hydrogens is 318 g/mol. The molecule has 1 aromatic rings. The average Bonchev–Trinajstić information content (AvgIpc) is 2.88. The summed E-state index contributed by atoms with van der Waals surface area (Å²) in [7, 11) is 1.32. The molecule has 134 valence electrons. The van der Waals surface area contributed by atoms with E-state index in [4.69, 9.17) is 4.74 Å². The third-order valence-corrected chi connectivity index (χ3v) is 4.59. The molecule has 1 aliphatic carbocycles. The zero-order valence-electron chi connectivity index (χ0n) is 14.6. The molecule has 2 N–H and O–H groups in total. The number of carbonyl (C=O) groups excluding carboxylic acids is 2. The molecule has 0 aliphatic heterocycles. The molecule has 1 fully saturated rings. The van der Waals surface area contributed by atoms with Crippen LogP contribution in [0.3, 0.4) is 0 Å². The van der Waals surface area contributed by atoms with Crippen LogP contribution >= 0.6 is 0 Å². The maximum atomic E-state index is 12.4. The Morgan fingerprint density at radius 2 is 1.84 bits per heavy atom. The third kappa shape index (κ3) is 5.30. The van der Waals surface area contributed by atoms with Crippen LogP contribution in [0.1, 0.15) is 50.1 Å². The first-order chi connectivity index (χ1) is 12.1. The van der Waals surface area contributed by atoms with Gasteiger partial charge in [-0.15, -0.1) is 0 Å². The van der Waals surface area contributed by atoms with Gasteiger partial charge in [0, 0.05) is 0 Å². The summed E-state index contributed by atoms with van der Waals surface area (Å²) in [6, 6.07) is 10.7. The van der Waals surface area contributed by atoms with Crippen LogP contribution in [0.25, 0.3) is 0 Å². The molecule has 0 spiro atoms. The van der Waals surface area contributed by atoms with Crippen molar-refractivity contribution >= 4 is 11.9 Å². The number of benzene rings is 1. The van der Waals surface area contributed by atoms with Gasteiger partial charge in [-0.1, -0.05) is 56.0 Å². The lowest BCUT2D eigenvalue weighted by Crippen LogP contribution is -2.50. The summed E-state index contributed by atoms with van der Waals surface area (Å²) in [4.78, 5) is 24.4. The zero-order valence-corrected chi connectivity index (χ0v) is 14.6. The van der Waals surface area contributed by atoms with Crippen molar-refractivity contribution in [3.63, 3.8) is 0 Å². The highest BCUT2D eigenvalue weighted by Crippen LogP contribution is 2.26. The van der Waals surface area contributed by atoms with Gasteiger partial charge >= 0.3 is 5.97 Å². The van der Waals surface area contributed by atoms with Gasteiger partial charge in [0.1, 0.15) is 11.6 Å². The summed E-state index contributed by atoms with van der Waals surface area (Å²) in [5, 5.41) is 15.3. The number of hydrogen-bond acceptors (Lipinski definition) is 5. The maximum absolute atomic E-state index is 12.4. The van der Waals surface area contributed by atoms with Gasteiger partial charge in [-0.2, -0.15) is 5.26 Å². The average molecular weight is 343 g/mol. The number of carbonyl (C=O) groups is 2. The van der Waals surface area contributed by atoms with E-state index in [0.717, 1.165) is 31.2 Å². The molecule has 1 amide bonds. The Bertz CT molecular complexity index is 617. The molecule has 6 nitrogen and oxygen atoms in total. The number of rotatable bonds is 6. The molecular formula is C19H25N3O3. The SMILES string of the molecule is COC(=O)[C@H](NCC(=O)NC1(C#N)CCCCCC1)c1ccccc1. The van der Waals surface area contributed by atoms with Gasteiger partial charge in [0.2, 0.25) is 5.91 Å². The minimum absolute atomic E-state index is 0.0574. The van der Waals surface area contributed by atoms with E-state index in [0.29, 0.717) is 12.8 Å². The largest absolute Gasteiger partial charge is 0.468 e. The zero-order chi connectivity index (χ0) is 18.1. The second-order valence-electron chi connectivity index (χ2n) is 6.40. The molecule has 1 aromatic carbocycles. The van der Waals surface area contributed by atoms with Crippen LogP contribution in [-0.2, 0) is 14.3 Å². The molecule has 0 aromatic heterocycles. The highest BCUT2D eigenvalue weighted by atomic mass is 16.5. The second kappa shape index (κ2) is 9.19. The topological polar surface area (TPSA) is 91.2 Å². The van der Waals surface area contributed by atoms with Gasteiger partial charge in [-0.3, -0.25) is 10.1 Å². The fraction of sp³-hybridized carbons (Fsp3) is 0.526. The number of nitrogens with zero attached hydrogens (tertiary/aromatic N) is 1. The Morgan fingerprint density at radius 1 is 1.20 bits per heavy atom. The summed E-state index contributed by atoms with van der Waals surface area (Å²) < 4.78 is 4.82. The summed E-state index contributed by atoms with van der Waals surface area (Å²) in [5.41, 5.74) is -0.0606. The van der Waals surface area contributed by atoms with Crippen LogP contribution in [0.4, 0.5) is 0 Å². The predicted molar refractivity (Wildman–Crippen MR) is 93.4 cm³/mol. The van der Waals surface area contributed by atoms with E-state index in [9.17, 15) is 14.9 Å². The number of nitrogens with one attached hydrogen (secondary N) is 2. The quantitative estimate of drug-likeness (QED) is 0.610. The van der Waals surface area contributed by atoms with E-state index >= 15 is 0 Å². The van der Waals surface area contributed by atoms with Crippen molar-refractivity contribution in [2.24, 2.45) is 0 Å². The van der Waals surface area contributed by atoms with Gasteiger partial charge in [-0.25, -0.2) is 4.79 Å². The number of ether oxygens (including phenoxy) is 1. The molecule has 1 saturated carbocycles. The Kier molecular flexibility index (Phi) is 6.96. The fourth-order valence-corrected chi connectivity index (χ4v) is 3.20. The van der Waals surface area contributed by atoms with E-state index < -0.39 is 17.6 Å². The van der Waals surface area contributed by atoms with Crippen LogP contribution in [-0.4, -0.2) is 31.1 Å². The Morgan fingerprint density at radius 3 is 2.40 bits per heavy atom. The fourth-order valence-electron chi connectivity index (χ4n) is 3.20. The number of esters is 1. The molecule has 1 atom stereocenters. The molecule has 2 rings (SSSR count). The van der Waals surface area contributed by atoms with Crippen LogP contribution in [0.15, 0.2) is 30.3 Å². The molecule has 6 heteroatoms. The maximum Gasteiger partial charge on any atom is 0.327 e. The van der Waals surface area contributed by atoms with Crippen molar-refractivity contribution in [2.75, 3.05) is 13.7 Å². The molecule has 0 heterocycles. The van der Waals surface area contributed by atoms with E-state index in [-0.39, 0.29) is 12.5 Å². The van der Waals surface area contributed by atoms with E-state index in [1.165, 1.54) is 7.11 Å². The van der Waals surface area contributed by atoms with Crippen molar-refractivity contribution < 1.29 is 14.3 Å². The first-order valence-corrected chi connectivity index (χ1v) is 8.69. The van der Waals surface area contributed by atoms with E-state index in [2.05, 4.69) is 16.7 Å². The minimum Gasteiger partial charge on any atom is -0.468 e. The molecule has 1 aliphatic rings. The van der Waals surface area contributed by atoms with Crippen LogP contribution in [0.2, 0.25) is 0 Å². The third-order valence-electron chi connectivity index (χ3n) is 4.59. The van der Waals surface area contributed by atoms with Crippen molar-refractivity contribution in [1.82, 2.24) is 10.6 Å². The highest BCUT2D eigenvalue weighted by Gasteiger charge is 2.32. The van der Waals surface area contributed by atoms with Gasteiger partial charge in [0.05, 0.1) is 19.7 Å². The molecule has 0 radical (unpaired) electrons. The smallest absolute Gasteiger partial charge is 0.327 e. The number of amides is 1. The van der Waals surface area contributed by atoms with Crippen molar-refractivity contribution in [3.8, 4) is 6.07 Å². The lowest BCUT2D eigenvalue weighted by Gasteiger charge is -2.27. The van der Waals surface area contributed by atoms with E-state index in [1.54, 1.807) is 12.1 Å². The predicted octanol–water partition coefficient (Wildman–Crippen LogP) is 2.22. The molecule has 25 heavy (non-hydrogen) atoms. The summed E-state index contributed by atoms with van der Waals surface area (Å²) in [5.74, 6) is -0.739. The van der Waals surface area contributed by atoms with Crippen LogP contribution < -0.4 is 10.6 Å².